The van der Waals surface area contributed by atoms with Crippen LogP contribution >= 0.6 is 0 Å². The summed E-state index contributed by atoms with van der Waals surface area (Å²) >= 11 is 0. The molecule has 0 bridgehead atoms. The quantitative estimate of drug-likeness (QED) is 0.0261. The third-order valence-corrected chi connectivity index (χ3v) is 10.9. The van der Waals surface area contributed by atoms with Gasteiger partial charge in [-0.3, -0.25) is 4.90 Å². The van der Waals surface area contributed by atoms with E-state index in [9.17, 15) is 25.5 Å². The Morgan fingerprint density at radius 2 is 1.02 bits per heavy atom. The number of phenolic OH excluding ortho intramolecular Hbond substituents is 1. The summed E-state index contributed by atoms with van der Waals surface area (Å²) in [5.74, 6) is 0.144. The molecule has 4 aromatic rings. The summed E-state index contributed by atoms with van der Waals surface area (Å²) < 4.78 is 11.7. The zero-order chi connectivity index (χ0) is 41.8. The summed E-state index contributed by atoms with van der Waals surface area (Å²) in [5.41, 5.74) is 5.16. The lowest BCUT2D eigenvalue weighted by Crippen LogP contribution is -2.30. The highest BCUT2D eigenvalue weighted by molar-refractivity contribution is 5.38. The van der Waals surface area contributed by atoms with E-state index >= 15 is 0 Å². The fourth-order valence-electron chi connectivity index (χ4n) is 7.32. The Hall–Kier alpha value is -3.80. The van der Waals surface area contributed by atoms with Gasteiger partial charge in [0.15, 0.2) is 0 Å². The van der Waals surface area contributed by atoms with Crippen LogP contribution in [0.3, 0.4) is 0 Å². The number of rotatable bonds is 33. The molecule has 0 fully saturated rings. The van der Waals surface area contributed by atoms with Gasteiger partial charge >= 0.3 is 0 Å². The minimum Gasteiger partial charge on any atom is -0.508 e. The molecule has 0 saturated heterocycles. The zero-order valence-corrected chi connectivity index (χ0v) is 35.4. The van der Waals surface area contributed by atoms with Crippen LogP contribution in [0.5, 0.6) is 11.5 Å². The molecule has 9 nitrogen and oxygen atoms in total. The summed E-state index contributed by atoms with van der Waals surface area (Å²) in [7, 11) is 0. The van der Waals surface area contributed by atoms with E-state index in [0.29, 0.717) is 42.9 Å². The topological polar surface area (TPSA) is 135 Å². The highest BCUT2D eigenvalue weighted by atomic mass is 16.5. The lowest BCUT2D eigenvalue weighted by Gasteiger charge is -2.26. The molecule has 0 radical (unpaired) electrons. The number of benzene rings is 4. The van der Waals surface area contributed by atoms with Gasteiger partial charge in [0.2, 0.25) is 0 Å². The van der Waals surface area contributed by atoms with Crippen molar-refractivity contribution >= 4 is 0 Å². The number of hydrogen-bond acceptors (Lipinski definition) is 9. The smallest absolute Gasteiger partial charge is 0.121 e. The normalized spacial score (nSPS) is 12.6. The Kier molecular flexibility index (Phi) is 23.9. The van der Waals surface area contributed by atoms with Crippen molar-refractivity contribution in [1.82, 2.24) is 10.2 Å². The molecule has 6 N–H and O–H groups in total. The van der Waals surface area contributed by atoms with E-state index in [1.54, 1.807) is 24.3 Å². The first-order valence-corrected chi connectivity index (χ1v) is 22.2. The average molecular weight is 813 g/mol. The summed E-state index contributed by atoms with van der Waals surface area (Å²) in [4.78, 5) is 2.12. The second-order valence-corrected chi connectivity index (χ2v) is 15.8. The molecule has 0 amide bonds. The molecule has 2 unspecified atom stereocenters. The minimum atomic E-state index is -0.862. The Balaban J connectivity index is 1.14. The standard InChI is InChI=1S/C50H72N2O7/c53-40-46-36-44(26-28-48(46)55)50(57)39-52(30-14-2-4-16-32-59-34-18-12-24-42-21-9-6-10-22-42)38-45-35-43(25-27-47(45)54)49(56)37-51-29-13-1-3-15-31-58-33-17-11-23-41-19-7-5-8-20-41/h5-10,19-22,25-28,35-36,49-51,53-57H,1-4,11-18,23-24,29-34,37-40H2. The third-order valence-electron chi connectivity index (χ3n) is 10.9. The maximum atomic E-state index is 11.3. The molecule has 0 spiro atoms. The molecule has 0 aliphatic rings. The van der Waals surface area contributed by atoms with Crippen LogP contribution in [-0.4, -0.2) is 83.0 Å². The highest BCUT2D eigenvalue weighted by Gasteiger charge is 2.18. The van der Waals surface area contributed by atoms with Crippen LogP contribution < -0.4 is 5.32 Å². The van der Waals surface area contributed by atoms with Gasteiger partial charge in [-0.25, -0.2) is 0 Å². The molecule has 4 aromatic carbocycles. The minimum absolute atomic E-state index is 0.00643. The van der Waals surface area contributed by atoms with E-state index < -0.39 is 12.2 Å². The van der Waals surface area contributed by atoms with Crippen LogP contribution in [0.25, 0.3) is 0 Å². The summed E-state index contributed by atoms with van der Waals surface area (Å²) in [6.45, 7) is 5.50. The monoisotopic (exact) mass is 813 g/mol. The molecule has 9 heteroatoms. The van der Waals surface area contributed by atoms with Crippen molar-refractivity contribution in [2.24, 2.45) is 0 Å². The molecule has 0 aliphatic carbocycles. The molecule has 324 valence electrons. The number of aromatic hydroxyl groups is 2. The third kappa shape index (κ3) is 19.9. The van der Waals surface area contributed by atoms with Crippen molar-refractivity contribution < 1.29 is 35.0 Å². The van der Waals surface area contributed by atoms with Crippen molar-refractivity contribution in [3.63, 3.8) is 0 Å². The van der Waals surface area contributed by atoms with Crippen molar-refractivity contribution in [3.8, 4) is 11.5 Å². The van der Waals surface area contributed by atoms with Crippen molar-refractivity contribution in [3.05, 3.63) is 130 Å². The summed E-state index contributed by atoms with van der Waals surface area (Å²) in [6, 6.07) is 31.2. The predicted molar refractivity (Wildman–Crippen MR) is 238 cm³/mol. The first-order valence-electron chi connectivity index (χ1n) is 22.2. The lowest BCUT2D eigenvalue weighted by atomic mass is 10.0. The van der Waals surface area contributed by atoms with Crippen molar-refractivity contribution in [2.45, 2.75) is 115 Å². The van der Waals surface area contributed by atoms with Crippen LogP contribution in [-0.2, 0) is 35.5 Å². The molecule has 4 rings (SSSR count). The first-order chi connectivity index (χ1) is 28.9. The van der Waals surface area contributed by atoms with Crippen LogP contribution in [0.1, 0.15) is 123 Å². The fraction of sp³-hybridized carbons (Fsp3) is 0.520. The predicted octanol–water partition coefficient (Wildman–Crippen LogP) is 8.95. The van der Waals surface area contributed by atoms with Crippen LogP contribution in [0.2, 0.25) is 0 Å². The molecule has 59 heavy (non-hydrogen) atoms. The number of hydrogen-bond donors (Lipinski definition) is 6. The highest BCUT2D eigenvalue weighted by Crippen LogP contribution is 2.27. The average Bonchev–Trinajstić information content (AvgIpc) is 3.25. The van der Waals surface area contributed by atoms with Gasteiger partial charge in [0.1, 0.15) is 11.5 Å². The molecular weight excluding hydrogens is 741 g/mol. The Morgan fingerprint density at radius 1 is 0.525 bits per heavy atom. The fourth-order valence-corrected chi connectivity index (χ4v) is 7.32. The summed E-state index contributed by atoms with van der Waals surface area (Å²) in [6.07, 6.45) is 13.3. The molecule has 0 aromatic heterocycles. The Bertz CT molecular complexity index is 1660. The number of aliphatic hydroxyl groups is 3. The molecular formula is C50H72N2O7. The Morgan fingerprint density at radius 3 is 1.59 bits per heavy atom. The maximum absolute atomic E-state index is 11.3. The van der Waals surface area contributed by atoms with E-state index in [2.05, 4.69) is 64.8 Å². The van der Waals surface area contributed by atoms with Crippen LogP contribution in [0.15, 0.2) is 97.1 Å². The van der Waals surface area contributed by atoms with E-state index in [4.69, 9.17) is 9.47 Å². The number of unbranched alkanes of at least 4 members (excludes halogenated alkanes) is 8. The molecule has 0 aliphatic heterocycles. The number of nitrogens with zero attached hydrogens (tertiary/aromatic N) is 1. The number of nitrogens with one attached hydrogen (secondary N) is 1. The van der Waals surface area contributed by atoms with Crippen molar-refractivity contribution in [2.75, 3.05) is 52.6 Å². The van der Waals surface area contributed by atoms with E-state index in [0.717, 1.165) is 128 Å². The van der Waals surface area contributed by atoms with Gasteiger partial charge in [-0.1, -0.05) is 98.5 Å². The van der Waals surface area contributed by atoms with Gasteiger partial charge in [-0.15, -0.1) is 0 Å². The van der Waals surface area contributed by atoms with Gasteiger partial charge in [-0.2, -0.15) is 0 Å². The second-order valence-electron chi connectivity index (χ2n) is 15.8. The first kappa shape index (κ1) is 47.9. The summed E-state index contributed by atoms with van der Waals surface area (Å²) in [5, 5.41) is 56.3. The second kappa shape index (κ2) is 29.4. The number of phenols is 2. The number of aryl methyl sites for hydroxylation is 2. The van der Waals surface area contributed by atoms with E-state index in [-0.39, 0.29) is 18.1 Å². The van der Waals surface area contributed by atoms with E-state index in [1.165, 1.54) is 17.2 Å². The molecule has 2 atom stereocenters. The SMILES string of the molecule is OCc1cc(C(O)CN(CCCCCCOCCCCc2ccccc2)Cc2cc(C(O)CNCCCCCCOCCCCc3ccccc3)ccc2O)ccc1O. The lowest BCUT2D eigenvalue weighted by molar-refractivity contribution is 0.106. The Labute approximate surface area is 354 Å². The molecule has 0 saturated carbocycles. The number of ether oxygens (including phenoxy) is 2. The van der Waals surface area contributed by atoms with E-state index in [1.807, 2.05) is 12.1 Å². The zero-order valence-electron chi connectivity index (χ0n) is 35.4. The van der Waals surface area contributed by atoms with Gasteiger partial charge < -0.3 is 40.3 Å². The largest absolute Gasteiger partial charge is 0.508 e. The van der Waals surface area contributed by atoms with Gasteiger partial charge in [0, 0.05) is 57.2 Å². The molecule has 0 heterocycles. The van der Waals surface area contributed by atoms with Crippen LogP contribution in [0.4, 0.5) is 0 Å². The van der Waals surface area contributed by atoms with Crippen molar-refractivity contribution in [1.29, 1.82) is 0 Å². The van der Waals surface area contributed by atoms with Gasteiger partial charge in [-0.05, 0) is 124 Å². The van der Waals surface area contributed by atoms with Crippen LogP contribution in [0, 0.1) is 0 Å². The number of aliphatic hydroxyl groups excluding tert-OH is 3. The maximum Gasteiger partial charge on any atom is 0.121 e. The van der Waals surface area contributed by atoms with Gasteiger partial charge in [0.25, 0.3) is 0 Å². The van der Waals surface area contributed by atoms with Gasteiger partial charge in [0.05, 0.1) is 18.8 Å².